The van der Waals surface area contributed by atoms with E-state index in [2.05, 4.69) is 21.0 Å². The van der Waals surface area contributed by atoms with Crippen molar-refractivity contribution in [3.63, 3.8) is 0 Å². The van der Waals surface area contributed by atoms with E-state index < -0.39 is 5.92 Å². The molecule has 4 heterocycles. The molecule has 0 spiro atoms. The van der Waals surface area contributed by atoms with Crippen molar-refractivity contribution in [2.45, 2.75) is 19.4 Å². The van der Waals surface area contributed by atoms with E-state index in [1.165, 1.54) is 0 Å². The van der Waals surface area contributed by atoms with E-state index in [1.807, 2.05) is 42.0 Å². The molecule has 2 N–H and O–H groups in total. The number of nitrogens with two attached hydrogens (primary N) is 1. The monoisotopic (exact) mass is 410 g/mol. The van der Waals surface area contributed by atoms with Gasteiger partial charge in [0.05, 0.1) is 24.0 Å². The van der Waals surface area contributed by atoms with E-state index in [-0.39, 0.29) is 5.88 Å². The Hall–Kier alpha value is -4.45. The normalized spacial score (nSPS) is 15.3. The second-order valence-electron chi connectivity index (χ2n) is 6.96. The molecule has 1 aliphatic rings. The highest BCUT2D eigenvalue weighted by atomic mass is 16.5. The number of nitriles is 1. The van der Waals surface area contributed by atoms with Gasteiger partial charge in [0.25, 0.3) is 0 Å². The molecule has 9 nitrogen and oxygen atoms in total. The third-order valence-corrected chi connectivity index (χ3v) is 5.24. The number of imidazole rings is 1. The average Bonchev–Trinajstić information content (AvgIpc) is 3.47. The molecular formula is C22H18N8O. The van der Waals surface area contributed by atoms with Gasteiger partial charge in [0.1, 0.15) is 23.0 Å². The van der Waals surface area contributed by atoms with Crippen molar-refractivity contribution in [2.24, 2.45) is 5.73 Å². The second kappa shape index (κ2) is 7.42. The summed E-state index contributed by atoms with van der Waals surface area (Å²) in [6, 6.07) is 10.1. The molecule has 0 saturated heterocycles. The van der Waals surface area contributed by atoms with E-state index in [0.29, 0.717) is 29.4 Å². The van der Waals surface area contributed by atoms with Crippen molar-refractivity contribution < 1.29 is 4.74 Å². The lowest BCUT2D eigenvalue weighted by atomic mass is 9.83. The molecule has 4 aromatic rings. The van der Waals surface area contributed by atoms with Crippen molar-refractivity contribution in [2.75, 3.05) is 0 Å². The molecule has 0 fully saturated rings. The number of allylic oxidation sites excluding steroid dienone is 1. The van der Waals surface area contributed by atoms with Crippen LogP contribution in [0.5, 0.6) is 5.88 Å². The molecule has 5 rings (SSSR count). The van der Waals surface area contributed by atoms with Gasteiger partial charge in [-0.3, -0.25) is 9.97 Å². The van der Waals surface area contributed by atoms with Crippen LogP contribution in [0.1, 0.15) is 24.0 Å². The van der Waals surface area contributed by atoms with Crippen LogP contribution in [-0.4, -0.2) is 29.3 Å². The van der Waals surface area contributed by atoms with E-state index >= 15 is 0 Å². The maximum atomic E-state index is 9.91. The molecule has 0 saturated carbocycles. The van der Waals surface area contributed by atoms with Crippen molar-refractivity contribution in [1.29, 1.82) is 5.26 Å². The third-order valence-electron chi connectivity index (χ3n) is 5.24. The predicted molar refractivity (Wildman–Crippen MR) is 112 cm³/mol. The van der Waals surface area contributed by atoms with Crippen LogP contribution in [0.15, 0.2) is 73.0 Å². The summed E-state index contributed by atoms with van der Waals surface area (Å²) in [6.07, 6.45) is 10.2. The van der Waals surface area contributed by atoms with Crippen molar-refractivity contribution in [1.82, 2.24) is 29.3 Å². The molecule has 1 unspecified atom stereocenters. The van der Waals surface area contributed by atoms with Gasteiger partial charge in [-0.2, -0.15) is 10.4 Å². The standard InChI is InChI=1S/C22H18N8O/c1-2-30-22-19(20(28-30)17-12-25-7-8-27-17)18(16(11-23)21(24)31-22)14-3-5-15(6-4-14)29-10-9-26-13-29/h3-10,12-13,18H,2,24H2,1H3. The first-order valence-electron chi connectivity index (χ1n) is 9.74. The van der Waals surface area contributed by atoms with Crippen LogP contribution in [0.2, 0.25) is 0 Å². The molecule has 1 aromatic carbocycles. The van der Waals surface area contributed by atoms with Gasteiger partial charge in [0, 0.05) is 37.0 Å². The summed E-state index contributed by atoms with van der Waals surface area (Å²) in [5.74, 6) is 0.158. The minimum Gasteiger partial charge on any atom is -0.422 e. The summed E-state index contributed by atoms with van der Waals surface area (Å²) >= 11 is 0. The first-order valence-corrected chi connectivity index (χ1v) is 9.74. The second-order valence-corrected chi connectivity index (χ2v) is 6.96. The number of ether oxygens (including phenoxy) is 1. The SMILES string of the molecule is CCn1nc(-c2cnccn2)c2c1OC(N)=C(C#N)C2c1ccc(-n2ccnc2)cc1. The van der Waals surface area contributed by atoms with Crippen molar-refractivity contribution in [3.05, 3.63) is 84.2 Å². The summed E-state index contributed by atoms with van der Waals surface area (Å²) in [6.45, 7) is 2.54. The van der Waals surface area contributed by atoms with Crippen LogP contribution >= 0.6 is 0 Å². The Labute approximate surface area is 178 Å². The Morgan fingerprint density at radius 2 is 2.00 bits per heavy atom. The summed E-state index contributed by atoms with van der Waals surface area (Å²) in [4.78, 5) is 12.7. The Morgan fingerprint density at radius 3 is 2.65 bits per heavy atom. The van der Waals surface area contributed by atoms with Crippen LogP contribution in [0, 0.1) is 11.3 Å². The van der Waals surface area contributed by atoms with E-state index in [4.69, 9.17) is 15.6 Å². The van der Waals surface area contributed by atoms with Gasteiger partial charge in [-0.1, -0.05) is 12.1 Å². The molecule has 152 valence electrons. The summed E-state index contributed by atoms with van der Waals surface area (Å²) in [7, 11) is 0. The lowest BCUT2D eigenvalue weighted by molar-refractivity contribution is 0.350. The van der Waals surface area contributed by atoms with Crippen LogP contribution in [0.25, 0.3) is 17.1 Å². The van der Waals surface area contributed by atoms with Gasteiger partial charge in [-0.15, -0.1) is 0 Å². The van der Waals surface area contributed by atoms with E-state index in [9.17, 15) is 5.26 Å². The zero-order valence-electron chi connectivity index (χ0n) is 16.7. The zero-order chi connectivity index (χ0) is 21.4. The first-order chi connectivity index (χ1) is 15.2. The number of hydrogen-bond acceptors (Lipinski definition) is 7. The van der Waals surface area contributed by atoms with Crippen LogP contribution in [0.3, 0.4) is 0 Å². The summed E-state index contributed by atoms with van der Waals surface area (Å²) in [5.41, 5.74) is 10.3. The fourth-order valence-electron chi connectivity index (χ4n) is 3.80. The number of aryl methyl sites for hydroxylation is 1. The fourth-order valence-corrected chi connectivity index (χ4v) is 3.80. The lowest BCUT2D eigenvalue weighted by Gasteiger charge is -2.25. The van der Waals surface area contributed by atoms with Gasteiger partial charge >= 0.3 is 0 Å². The fraction of sp³-hybridized carbons (Fsp3) is 0.136. The molecule has 0 bridgehead atoms. The molecule has 1 aliphatic heterocycles. The van der Waals surface area contributed by atoms with Crippen LogP contribution < -0.4 is 10.5 Å². The molecule has 0 aliphatic carbocycles. The van der Waals surface area contributed by atoms with Gasteiger partial charge in [-0.25, -0.2) is 9.67 Å². The highest BCUT2D eigenvalue weighted by Crippen LogP contribution is 2.46. The van der Waals surface area contributed by atoms with E-state index in [1.54, 1.807) is 35.8 Å². The number of fused-ring (bicyclic) bond motifs is 1. The highest BCUT2D eigenvalue weighted by Gasteiger charge is 2.37. The average molecular weight is 410 g/mol. The summed E-state index contributed by atoms with van der Waals surface area (Å²) in [5, 5.41) is 14.6. The molecule has 31 heavy (non-hydrogen) atoms. The van der Waals surface area contributed by atoms with Gasteiger partial charge in [0.15, 0.2) is 0 Å². The topological polar surface area (TPSA) is 120 Å². The number of nitrogens with zero attached hydrogens (tertiary/aromatic N) is 7. The Kier molecular flexibility index (Phi) is 4.45. The first kappa shape index (κ1) is 18.6. The number of rotatable bonds is 4. The van der Waals surface area contributed by atoms with E-state index in [0.717, 1.165) is 16.8 Å². The van der Waals surface area contributed by atoms with Crippen molar-refractivity contribution in [3.8, 4) is 29.0 Å². The number of hydrogen-bond donors (Lipinski definition) is 1. The van der Waals surface area contributed by atoms with Crippen molar-refractivity contribution >= 4 is 0 Å². The van der Waals surface area contributed by atoms with Gasteiger partial charge in [-0.05, 0) is 24.6 Å². The third kappa shape index (κ3) is 3.02. The number of aromatic nitrogens is 6. The molecule has 0 amide bonds. The molecular weight excluding hydrogens is 392 g/mol. The predicted octanol–water partition coefficient (Wildman–Crippen LogP) is 2.76. The Bertz CT molecular complexity index is 1300. The van der Waals surface area contributed by atoms with Crippen LogP contribution in [0.4, 0.5) is 0 Å². The molecule has 3 aromatic heterocycles. The van der Waals surface area contributed by atoms with Gasteiger partial charge < -0.3 is 15.0 Å². The van der Waals surface area contributed by atoms with Gasteiger partial charge in [0.2, 0.25) is 11.8 Å². The minimum absolute atomic E-state index is 0.0824. The Balaban J connectivity index is 1.70. The Morgan fingerprint density at radius 1 is 1.16 bits per heavy atom. The molecule has 0 radical (unpaired) electrons. The maximum Gasteiger partial charge on any atom is 0.224 e. The summed E-state index contributed by atoms with van der Waals surface area (Å²) < 4.78 is 9.51. The molecule has 9 heteroatoms. The lowest BCUT2D eigenvalue weighted by Crippen LogP contribution is -2.22. The largest absolute Gasteiger partial charge is 0.422 e. The number of benzene rings is 1. The minimum atomic E-state index is -0.442. The quantitative estimate of drug-likeness (QED) is 0.549. The smallest absolute Gasteiger partial charge is 0.224 e. The molecule has 1 atom stereocenters. The highest BCUT2D eigenvalue weighted by molar-refractivity contribution is 5.68. The zero-order valence-corrected chi connectivity index (χ0v) is 16.7. The maximum absolute atomic E-state index is 9.91. The van der Waals surface area contributed by atoms with Crippen LogP contribution in [-0.2, 0) is 6.54 Å².